The summed E-state index contributed by atoms with van der Waals surface area (Å²) in [5.74, 6) is 1.56. The molecule has 3 atom stereocenters. The van der Waals surface area contributed by atoms with Crippen LogP contribution in [0.25, 0.3) is 0 Å². The fourth-order valence-corrected chi connectivity index (χ4v) is 3.05. The van der Waals surface area contributed by atoms with Crippen LogP contribution >= 0.6 is 0 Å². The first-order valence-electron chi connectivity index (χ1n) is 7.32. The molecule has 2 N–H and O–H groups in total. The van der Waals surface area contributed by atoms with Crippen LogP contribution in [0.1, 0.15) is 40.0 Å². The Morgan fingerprint density at radius 1 is 1.28 bits per heavy atom. The predicted octanol–water partition coefficient (Wildman–Crippen LogP) is 1.81. The van der Waals surface area contributed by atoms with Gasteiger partial charge in [-0.2, -0.15) is 0 Å². The van der Waals surface area contributed by atoms with Gasteiger partial charge >= 0.3 is 6.03 Å². The summed E-state index contributed by atoms with van der Waals surface area (Å²) >= 11 is 0. The zero-order valence-electron chi connectivity index (χ0n) is 11.9. The summed E-state index contributed by atoms with van der Waals surface area (Å²) in [5, 5.41) is 6.01. The Balaban J connectivity index is 1.68. The van der Waals surface area contributed by atoms with Gasteiger partial charge in [0.25, 0.3) is 0 Å². The Hall–Kier alpha value is -0.770. The lowest BCUT2D eigenvalue weighted by atomic mass is 9.92. The van der Waals surface area contributed by atoms with Gasteiger partial charge in [0.05, 0.1) is 0 Å². The number of carbonyl (C=O) groups is 1. The van der Waals surface area contributed by atoms with Gasteiger partial charge in [-0.1, -0.05) is 13.8 Å². The average Bonchev–Trinajstić information content (AvgIpc) is 2.98. The Bertz CT molecular complexity index is 281. The molecular formula is C14H27N3O. The number of urea groups is 1. The number of carbonyl (C=O) groups excluding carboxylic acids is 1. The number of amides is 2. The van der Waals surface area contributed by atoms with Crippen molar-refractivity contribution in [2.24, 2.45) is 11.8 Å². The van der Waals surface area contributed by atoms with E-state index in [-0.39, 0.29) is 12.1 Å². The Morgan fingerprint density at radius 3 is 2.44 bits per heavy atom. The van der Waals surface area contributed by atoms with Crippen LogP contribution in [-0.4, -0.2) is 42.6 Å². The average molecular weight is 253 g/mol. The van der Waals surface area contributed by atoms with Crippen molar-refractivity contribution >= 4 is 6.03 Å². The van der Waals surface area contributed by atoms with Crippen LogP contribution in [0.15, 0.2) is 0 Å². The molecule has 0 radical (unpaired) electrons. The number of hydrogen-bond acceptors (Lipinski definition) is 2. The molecule has 104 valence electrons. The molecule has 0 bridgehead atoms. The number of piperidine rings is 1. The number of likely N-dealkylation sites (tertiary alicyclic amines) is 1. The topological polar surface area (TPSA) is 44.4 Å². The van der Waals surface area contributed by atoms with Crippen molar-refractivity contribution in [1.29, 1.82) is 0 Å². The molecule has 4 nitrogen and oxygen atoms in total. The van der Waals surface area contributed by atoms with Gasteiger partial charge in [0.15, 0.2) is 0 Å². The summed E-state index contributed by atoms with van der Waals surface area (Å²) in [4.78, 5) is 14.1. The molecule has 0 spiro atoms. The van der Waals surface area contributed by atoms with Crippen molar-refractivity contribution in [1.82, 2.24) is 15.5 Å². The molecule has 2 rings (SSSR count). The summed E-state index contributed by atoms with van der Waals surface area (Å²) in [6, 6.07) is 0.664. The van der Waals surface area contributed by atoms with Crippen molar-refractivity contribution < 1.29 is 4.79 Å². The first-order valence-corrected chi connectivity index (χ1v) is 7.32. The summed E-state index contributed by atoms with van der Waals surface area (Å²) in [6.07, 6.45) is 3.62. The van der Waals surface area contributed by atoms with Crippen LogP contribution in [0.3, 0.4) is 0 Å². The molecule has 2 aliphatic rings. The van der Waals surface area contributed by atoms with Gasteiger partial charge in [-0.25, -0.2) is 4.79 Å². The monoisotopic (exact) mass is 253 g/mol. The van der Waals surface area contributed by atoms with Crippen LogP contribution < -0.4 is 10.6 Å². The molecule has 1 aliphatic heterocycles. The van der Waals surface area contributed by atoms with E-state index in [1.165, 1.54) is 19.5 Å². The molecule has 1 heterocycles. The van der Waals surface area contributed by atoms with E-state index >= 15 is 0 Å². The molecule has 1 aliphatic carbocycles. The Labute approximate surface area is 110 Å². The summed E-state index contributed by atoms with van der Waals surface area (Å²) in [6.45, 7) is 10.0. The third-order valence-electron chi connectivity index (χ3n) is 3.77. The maximum Gasteiger partial charge on any atom is 0.315 e. The van der Waals surface area contributed by atoms with E-state index < -0.39 is 0 Å². The molecule has 0 aromatic carbocycles. The summed E-state index contributed by atoms with van der Waals surface area (Å²) in [5.41, 5.74) is 0. The second kappa shape index (κ2) is 5.91. The van der Waals surface area contributed by atoms with Gasteiger partial charge < -0.3 is 15.5 Å². The van der Waals surface area contributed by atoms with Crippen molar-refractivity contribution in [3.8, 4) is 0 Å². The molecule has 1 saturated heterocycles. The molecule has 0 unspecified atom stereocenters. The molecule has 2 fully saturated rings. The van der Waals surface area contributed by atoms with E-state index in [2.05, 4.69) is 36.3 Å². The third-order valence-corrected chi connectivity index (χ3v) is 3.77. The van der Waals surface area contributed by atoms with Crippen molar-refractivity contribution in [3.63, 3.8) is 0 Å². The second-order valence-electron chi connectivity index (χ2n) is 6.46. The largest absolute Gasteiger partial charge is 0.335 e. The maximum atomic E-state index is 11.6. The Morgan fingerprint density at radius 2 is 1.89 bits per heavy atom. The lowest BCUT2D eigenvalue weighted by Gasteiger charge is -2.36. The molecule has 0 aromatic rings. The van der Waals surface area contributed by atoms with Gasteiger partial charge in [-0.05, 0) is 38.0 Å². The molecule has 0 aromatic heterocycles. The summed E-state index contributed by atoms with van der Waals surface area (Å²) in [7, 11) is 0. The number of rotatable bonds is 4. The van der Waals surface area contributed by atoms with Crippen molar-refractivity contribution in [3.05, 3.63) is 0 Å². The van der Waals surface area contributed by atoms with Crippen molar-refractivity contribution in [2.75, 3.05) is 19.6 Å². The SMILES string of the molecule is C[C@@H]1C[C@@H](C)CN(C[C@@H](C)NC(=O)NC2CC2)C1. The van der Waals surface area contributed by atoms with E-state index in [1.54, 1.807) is 0 Å². The minimum Gasteiger partial charge on any atom is -0.335 e. The standard InChI is InChI=1S/C14H27N3O/c1-10-6-11(2)8-17(7-10)9-12(3)15-14(18)16-13-4-5-13/h10-13H,4-9H2,1-3H3,(H2,15,16,18)/t10-,11-,12-/m1/s1. The van der Waals surface area contributed by atoms with Crippen LogP contribution in [0, 0.1) is 11.8 Å². The lowest BCUT2D eigenvalue weighted by molar-refractivity contribution is 0.131. The number of nitrogens with zero attached hydrogens (tertiary/aromatic N) is 1. The molecule has 4 heteroatoms. The predicted molar refractivity (Wildman–Crippen MR) is 73.5 cm³/mol. The zero-order chi connectivity index (χ0) is 13.1. The number of nitrogens with one attached hydrogen (secondary N) is 2. The van der Waals surface area contributed by atoms with Crippen LogP contribution in [0.2, 0.25) is 0 Å². The van der Waals surface area contributed by atoms with Gasteiger partial charge in [-0.15, -0.1) is 0 Å². The quantitative estimate of drug-likeness (QED) is 0.802. The van der Waals surface area contributed by atoms with E-state index in [0.717, 1.165) is 31.2 Å². The fraction of sp³-hybridized carbons (Fsp3) is 0.929. The van der Waals surface area contributed by atoms with Gasteiger partial charge in [-0.3, -0.25) is 0 Å². The minimum atomic E-state index is 0.00288. The molecule has 1 saturated carbocycles. The molecule has 18 heavy (non-hydrogen) atoms. The second-order valence-corrected chi connectivity index (χ2v) is 6.46. The van der Waals surface area contributed by atoms with Crippen LogP contribution in [0.4, 0.5) is 4.79 Å². The normalized spacial score (nSPS) is 30.8. The zero-order valence-corrected chi connectivity index (χ0v) is 11.9. The summed E-state index contributed by atoms with van der Waals surface area (Å²) < 4.78 is 0. The highest BCUT2D eigenvalue weighted by atomic mass is 16.2. The van der Waals surface area contributed by atoms with Crippen LogP contribution in [-0.2, 0) is 0 Å². The first-order chi connectivity index (χ1) is 8.52. The van der Waals surface area contributed by atoms with E-state index in [0.29, 0.717) is 6.04 Å². The smallest absolute Gasteiger partial charge is 0.315 e. The highest BCUT2D eigenvalue weighted by molar-refractivity contribution is 5.74. The van der Waals surface area contributed by atoms with E-state index in [9.17, 15) is 4.79 Å². The van der Waals surface area contributed by atoms with Gasteiger partial charge in [0.2, 0.25) is 0 Å². The fourth-order valence-electron chi connectivity index (χ4n) is 3.05. The van der Waals surface area contributed by atoms with Crippen molar-refractivity contribution in [2.45, 2.75) is 52.1 Å². The van der Waals surface area contributed by atoms with Gasteiger partial charge in [0.1, 0.15) is 0 Å². The van der Waals surface area contributed by atoms with Gasteiger partial charge in [0, 0.05) is 31.7 Å². The number of hydrogen-bond donors (Lipinski definition) is 2. The lowest BCUT2D eigenvalue weighted by Crippen LogP contribution is -2.49. The minimum absolute atomic E-state index is 0.00288. The molecular weight excluding hydrogens is 226 g/mol. The Kier molecular flexibility index (Phi) is 4.49. The van der Waals surface area contributed by atoms with E-state index in [1.807, 2.05) is 0 Å². The van der Waals surface area contributed by atoms with Crippen LogP contribution in [0.5, 0.6) is 0 Å². The highest BCUT2D eigenvalue weighted by Crippen LogP contribution is 2.21. The first kappa shape index (κ1) is 13.7. The third kappa shape index (κ3) is 4.48. The molecule has 2 amide bonds. The highest BCUT2D eigenvalue weighted by Gasteiger charge is 2.25. The van der Waals surface area contributed by atoms with E-state index in [4.69, 9.17) is 0 Å². The maximum absolute atomic E-state index is 11.6.